The summed E-state index contributed by atoms with van der Waals surface area (Å²) in [5.41, 5.74) is 4.70. The van der Waals surface area contributed by atoms with Crippen molar-refractivity contribution in [3.63, 3.8) is 0 Å². The number of nitrogens with one attached hydrogen (secondary N) is 1. The van der Waals surface area contributed by atoms with Gasteiger partial charge in [0.05, 0.1) is 23.2 Å². The third-order valence-corrected chi connectivity index (χ3v) is 4.69. The summed E-state index contributed by atoms with van der Waals surface area (Å²) in [4.78, 5) is 6.50. The van der Waals surface area contributed by atoms with E-state index in [1.807, 2.05) is 40.8 Å². The highest BCUT2D eigenvalue weighted by molar-refractivity contribution is 6.23. The molecular weight excluding hydrogens is 312 g/mol. The van der Waals surface area contributed by atoms with E-state index in [1.165, 1.54) is 5.56 Å². The minimum atomic E-state index is 0.204. The summed E-state index contributed by atoms with van der Waals surface area (Å²) >= 11 is 0. The molecule has 4 rings (SSSR count). The topological polar surface area (TPSA) is 65.1 Å². The minimum absolute atomic E-state index is 0.204. The van der Waals surface area contributed by atoms with Crippen LogP contribution in [-0.2, 0) is 13.6 Å². The Kier molecular flexibility index (Phi) is 3.57. The molecule has 0 aliphatic carbocycles. The van der Waals surface area contributed by atoms with E-state index in [1.54, 1.807) is 0 Å². The van der Waals surface area contributed by atoms with E-state index in [9.17, 15) is 5.11 Å². The molecule has 5 nitrogen and oxygen atoms in total. The van der Waals surface area contributed by atoms with Crippen LogP contribution in [-0.4, -0.2) is 31.9 Å². The maximum Gasteiger partial charge on any atom is 0.148 e. The fourth-order valence-corrected chi connectivity index (χ4v) is 3.29. The van der Waals surface area contributed by atoms with Crippen molar-refractivity contribution in [3.8, 4) is 0 Å². The lowest BCUT2D eigenvalue weighted by molar-refractivity contribution is 0.347. The highest BCUT2D eigenvalue weighted by Gasteiger charge is 2.31. The number of hydrogen-bond donors (Lipinski definition) is 2. The summed E-state index contributed by atoms with van der Waals surface area (Å²) < 4.78 is 1.94. The van der Waals surface area contributed by atoms with Gasteiger partial charge in [-0.25, -0.2) is 4.98 Å². The fourth-order valence-electron chi connectivity index (χ4n) is 3.29. The Labute approximate surface area is 146 Å². The van der Waals surface area contributed by atoms with Gasteiger partial charge in [-0.1, -0.05) is 42.0 Å². The van der Waals surface area contributed by atoms with Crippen molar-refractivity contribution in [2.45, 2.75) is 13.5 Å². The van der Waals surface area contributed by atoms with Crippen molar-refractivity contribution in [3.05, 3.63) is 71.2 Å². The van der Waals surface area contributed by atoms with Crippen LogP contribution in [0.5, 0.6) is 0 Å². The molecule has 0 bridgehead atoms. The molecule has 0 saturated carbocycles. The van der Waals surface area contributed by atoms with Crippen LogP contribution in [0.15, 0.2) is 54.3 Å². The van der Waals surface area contributed by atoms with E-state index in [0.717, 1.165) is 16.6 Å². The molecule has 25 heavy (non-hydrogen) atoms. The third-order valence-electron chi connectivity index (χ3n) is 4.69. The van der Waals surface area contributed by atoms with Gasteiger partial charge < -0.3 is 14.6 Å². The monoisotopic (exact) mass is 332 g/mol. The van der Waals surface area contributed by atoms with E-state index >= 15 is 0 Å². The lowest BCUT2D eigenvalue weighted by Gasteiger charge is -2.18. The van der Waals surface area contributed by atoms with Crippen molar-refractivity contribution in [2.24, 2.45) is 7.05 Å². The maximum atomic E-state index is 10.5. The summed E-state index contributed by atoms with van der Waals surface area (Å²) in [7, 11) is 1.92. The van der Waals surface area contributed by atoms with Crippen LogP contribution >= 0.6 is 0 Å². The Morgan fingerprint density at radius 3 is 2.56 bits per heavy atom. The van der Waals surface area contributed by atoms with Gasteiger partial charge in [-0.05, 0) is 24.6 Å². The quantitative estimate of drug-likeness (QED) is 0.769. The zero-order valence-electron chi connectivity index (χ0n) is 14.3. The molecule has 0 spiro atoms. The molecule has 2 heterocycles. The summed E-state index contributed by atoms with van der Waals surface area (Å²) in [6.45, 7) is 2.99. The van der Waals surface area contributed by atoms with Crippen LogP contribution in [0.25, 0.3) is 16.6 Å². The lowest BCUT2D eigenvalue weighted by atomic mass is 10.1. The van der Waals surface area contributed by atoms with E-state index in [0.29, 0.717) is 30.3 Å². The molecule has 0 atom stereocenters. The zero-order valence-corrected chi connectivity index (χ0v) is 14.3. The molecule has 0 radical (unpaired) electrons. The summed E-state index contributed by atoms with van der Waals surface area (Å²) in [5.74, 6) is 1.15. The average molecular weight is 332 g/mol. The lowest BCUT2D eigenvalue weighted by Crippen LogP contribution is -2.26. The first-order valence-corrected chi connectivity index (χ1v) is 8.28. The molecule has 3 aromatic rings. The molecule has 0 unspecified atom stereocenters. The van der Waals surface area contributed by atoms with E-state index in [2.05, 4.69) is 36.2 Å². The van der Waals surface area contributed by atoms with E-state index < -0.39 is 0 Å². The zero-order chi connectivity index (χ0) is 17.6. The largest absolute Gasteiger partial charge is 0.510 e. The van der Waals surface area contributed by atoms with Gasteiger partial charge in [-0.2, -0.15) is 0 Å². The van der Waals surface area contributed by atoms with Crippen molar-refractivity contribution in [1.82, 2.24) is 14.5 Å². The van der Waals surface area contributed by atoms with Crippen LogP contribution in [0, 0.1) is 12.3 Å². The predicted octanol–water partition coefficient (Wildman–Crippen LogP) is 3.64. The van der Waals surface area contributed by atoms with E-state index in [-0.39, 0.29) is 5.76 Å². The van der Waals surface area contributed by atoms with Crippen LogP contribution < -0.4 is 0 Å². The van der Waals surface area contributed by atoms with Gasteiger partial charge in [0, 0.05) is 13.6 Å². The van der Waals surface area contributed by atoms with Gasteiger partial charge in [-0.15, -0.1) is 0 Å². The number of rotatable bonds is 3. The molecule has 126 valence electrons. The third kappa shape index (κ3) is 2.58. The van der Waals surface area contributed by atoms with Gasteiger partial charge in [0.2, 0.25) is 0 Å². The summed E-state index contributed by atoms with van der Waals surface area (Å²) in [6.07, 6.45) is 0. The number of hydrogen-bond acceptors (Lipinski definition) is 3. The molecule has 5 heteroatoms. The number of benzene rings is 2. The highest BCUT2D eigenvalue weighted by atomic mass is 16.3. The molecule has 1 aromatic heterocycles. The van der Waals surface area contributed by atoms with Gasteiger partial charge >= 0.3 is 0 Å². The average Bonchev–Trinajstić information content (AvgIpc) is 3.07. The number of aliphatic hydroxyl groups is 1. The Morgan fingerprint density at radius 2 is 1.84 bits per heavy atom. The number of aliphatic hydroxyl groups excluding tert-OH is 1. The molecule has 0 saturated heterocycles. The van der Waals surface area contributed by atoms with Crippen molar-refractivity contribution >= 4 is 22.4 Å². The SMILES string of the molecule is Cc1ccc(CN2CC(O)=C(c3nc4ccccc4n3C)C2=N)cc1. The second-order valence-corrected chi connectivity index (χ2v) is 6.50. The molecule has 1 aliphatic rings. The Morgan fingerprint density at radius 1 is 1.12 bits per heavy atom. The number of nitrogens with zero attached hydrogens (tertiary/aromatic N) is 3. The Hall–Kier alpha value is -3.08. The van der Waals surface area contributed by atoms with Gasteiger partial charge in [0.15, 0.2) is 0 Å². The van der Waals surface area contributed by atoms with Crippen LogP contribution in [0.4, 0.5) is 0 Å². The van der Waals surface area contributed by atoms with Gasteiger partial charge in [0.25, 0.3) is 0 Å². The molecule has 2 N–H and O–H groups in total. The Balaban J connectivity index is 1.66. The maximum absolute atomic E-state index is 10.5. The second kappa shape index (κ2) is 5.77. The summed E-state index contributed by atoms with van der Waals surface area (Å²) in [5, 5.41) is 19.0. The number of fused-ring (bicyclic) bond motifs is 1. The van der Waals surface area contributed by atoms with Gasteiger partial charge in [0.1, 0.15) is 17.4 Å². The number of aromatic nitrogens is 2. The minimum Gasteiger partial charge on any atom is -0.510 e. The first-order valence-electron chi connectivity index (χ1n) is 8.28. The predicted molar refractivity (Wildman–Crippen MR) is 99.6 cm³/mol. The van der Waals surface area contributed by atoms with E-state index in [4.69, 9.17) is 5.41 Å². The smallest absolute Gasteiger partial charge is 0.148 e. The molecular formula is C20H20N4O. The standard InChI is InChI=1S/C20H20N4O/c1-13-7-9-14(10-8-13)11-24-12-17(25)18(19(24)21)20-22-15-5-3-4-6-16(15)23(20)2/h3-10,21,25H,11-12H2,1-2H3. The van der Waals surface area contributed by atoms with Crippen LogP contribution in [0.2, 0.25) is 0 Å². The van der Waals surface area contributed by atoms with Gasteiger partial charge in [-0.3, -0.25) is 5.41 Å². The van der Waals surface area contributed by atoms with Crippen molar-refractivity contribution in [1.29, 1.82) is 5.41 Å². The number of amidine groups is 1. The number of para-hydroxylation sites is 2. The molecule has 2 aromatic carbocycles. The molecule has 1 aliphatic heterocycles. The normalized spacial score (nSPS) is 14.8. The molecule has 0 fully saturated rings. The number of aryl methyl sites for hydroxylation is 2. The highest BCUT2D eigenvalue weighted by Crippen LogP contribution is 2.29. The number of imidazole rings is 1. The molecule has 0 amide bonds. The Bertz CT molecular complexity index is 998. The fraction of sp³-hybridized carbons (Fsp3) is 0.200. The first kappa shape index (κ1) is 15.4. The van der Waals surface area contributed by atoms with Crippen LogP contribution in [0.3, 0.4) is 0 Å². The van der Waals surface area contributed by atoms with Crippen LogP contribution in [0.1, 0.15) is 17.0 Å². The second-order valence-electron chi connectivity index (χ2n) is 6.50. The first-order chi connectivity index (χ1) is 12.0. The van der Waals surface area contributed by atoms with Crippen molar-refractivity contribution in [2.75, 3.05) is 6.54 Å². The summed E-state index contributed by atoms with van der Waals surface area (Å²) in [6, 6.07) is 16.1. The van der Waals surface area contributed by atoms with Crippen molar-refractivity contribution < 1.29 is 5.11 Å².